The monoisotopic (exact) mass is 261 g/mol. The molecule has 0 amide bonds. The van der Waals surface area contributed by atoms with Crippen LogP contribution in [0.1, 0.15) is 25.5 Å². The number of rotatable bonds is 4. The van der Waals surface area contributed by atoms with Gasteiger partial charge in [-0.25, -0.2) is 0 Å². The lowest BCUT2D eigenvalue weighted by Crippen LogP contribution is -2.51. The molecule has 3 heteroatoms. The van der Waals surface area contributed by atoms with Crippen LogP contribution in [0, 0.1) is 5.92 Å². The Hall–Kier alpha value is -0.900. The zero-order chi connectivity index (χ0) is 13.8. The molecule has 1 aromatic rings. The van der Waals surface area contributed by atoms with Crippen molar-refractivity contribution in [2.45, 2.75) is 25.9 Å². The molecule has 1 aliphatic rings. The molecule has 0 spiro atoms. The smallest absolute Gasteiger partial charge is 0.0333 e. The van der Waals surface area contributed by atoms with Gasteiger partial charge in [-0.2, -0.15) is 0 Å². The van der Waals surface area contributed by atoms with Crippen LogP contribution < -0.4 is 5.73 Å². The van der Waals surface area contributed by atoms with E-state index in [1.54, 1.807) is 0 Å². The second kappa shape index (κ2) is 6.51. The minimum Gasteiger partial charge on any atom is -0.324 e. The summed E-state index contributed by atoms with van der Waals surface area (Å²) in [7, 11) is 2.21. The molecule has 106 valence electrons. The Kier molecular flexibility index (Phi) is 4.97. The van der Waals surface area contributed by atoms with Crippen molar-refractivity contribution in [2.24, 2.45) is 11.7 Å². The first-order valence-electron chi connectivity index (χ1n) is 7.31. The van der Waals surface area contributed by atoms with Gasteiger partial charge in [0, 0.05) is 38.3 Å². The van der Waals surface area contributed by atoms with Crippen molar-refractivity contribution >= 4 is 0 Å². The summed E-state index contributed by atoms with van der Waals surface area (Å²) in [6.07, 6.45) is 0. The molecule has 1 fully saturated rings. The van der Waals surface area contributed by atoms with E-state index in [1.807, 2.05) is 6.07 Å². The van der Waals surface area contributed by atoms with E-state index in [-0.39, 0.29) is 6.04 Å². The maximum atomic E-state index is 6.38. The Labute approximate surface area is 117 Å². The van der Waals surface area contributed by atoms with Crippen LogP contribution in [-0.2, 0) is 0 Å². The van der Waals surface area contributed by atoms with Crippen LogP contribution in [0.15, 0.2) is 30.3 Å². The summed E-state index contributed by atoms with van der Waals surface area (Å²) in [5, 5.41) is 0. The molecule has 0 aliphatic carbocycles. The van der Waals surface area contributed by atoms with E-state index in [0.717, 1.165) is 26.2 Å². The minimum absolute atomic E-state index is 0.135. The predicted octanol–water partition coefficient (Wildman–Crippen LogP) is 1.96. The summed E-state index contributed by atoms with van der Waals surface area (Å²) in [6, 6.07) is 11.2. The molecule has 0 aromatic heterocycles. The summed E-state index contributed by atoms with van der Waals surface area (Å²) < 4.78 is 0. The van der Waals surface area contributed by atoms with Crippen molar-refractivity contribution in [2.75, 3.05) is 33.2 Å². The highest BCUT2D eigenvalue weighted by Crippen LogP contribution is 2.21. The van der Waals surface area contributed by atoms with Gasteiger partial charge in [0.2, 0.25) is 0 Å². The highest BCUT2D eigenvalue weighted by Gasteiger charge is 2.24. The van der Waals surface area contributed by atoms with Crippen LogP contribution in [-0.4, -0.2) is 49.1 Å². The zero-order valence-electron chi connectivity index (χ0n) is 12.4. The first kappa shape index (κ1) is 14.5. The van der Waals surface area contributed by atoms with E-state index >= 15 is 0 Å². The Morgan fingerprint density at radius 3 is 2.58 bits per heavy atom. The number of hydrogen-bond donors (Lipinski definition) is 1. The van der Waals surface area contributed by atoms with Gasteiger partial charge in [-0.1, -0.05) is 37.3 Å². The first-order valence-corrected chi connectivity index (χ1v) is 7.31. The molecule has 3 atom stereocenters. The van der Waals surface area contributed by atoms with Crippen molar-refractivity contribution < 1.29 is 0 Å². The van der Waals surface area contributed by atoms with Crippen molar-refractivity contribution in [1.29, 1.82) is 0 Å². The quantitative estimate of drug-likeness (QED) is 0.899. The molecule has 0 saturated carbocycles. The molecule has 1 heterocycles. The average molecular weight is 261 g/mol. The van der Waals surface area contributed by atoms with Crippen LogP contribution in [0.4, 0.5) is 0 Å². The second-order valence-corrected chi connectivity index (χ2v) is 6.00. The zero-order valence-corrected chi connectivity index (χ0v) is 12.4. The lowest BCUT2D eigenvalue weighted by Gasteiger charge is -2.39. The van der Waals surface area contributed by atoms with E-state index in [4.69, 9.17) is 5.73 Å². The van der Waals surface area contributed by atoms with Crippen LogP contribution >= 0.6 is 0 Å². The third-order valence-electron chi connectivity index (χ3n) is 4.39. The molecular formula is C16H27N3. The maximum absolute atomic E-state index is 6.38. The molecule has 0 bridgehead atoms. The molecule has 1 aromatic carbocycles. The summed E-state index contributed by atoms with van der Waals surface area (Å²) in [6.45, 7) is 9.13. The number of nitrogens with two attached hydrogens (primary N) is 1. The summed E-state index contributed by atoms with van der Waals surface area (Å²) >= 11 is 0. The van der Waals surface area contributed by atoms with Crippen LogP contribution in [0.5, 0.6) is 0 Å². The summed E-state index contributed by atoms with van der Waals surface area (Å²) in [5.41, 5.74) is 7.63. The fourth-order valence-electron chi connectivity index (χ4n) is 2.81. The molecule has 2 rings (SSSR count). The minimum atomic E-state index is 0.135. The van der Waals surface area contributed by atoms with E-state index < -0.39 is 0 Å². The molecule has 3 nitrogen and oxygen atoms in total. The topological polar surface area (TPSA) is 32.5 Å². The Balaban J connectivity index is 1.89. The normalized spacial score (nSPS) is 25.2. The molecule has 1 saturated heterocycles. The van der Waals surface area contributed by atoms with Crippen LogP contribution in [0.3, 0.4) is 0 Å². The van der Waals surface area contributed by atoms with Crippen LogP contribution in [0.25, 0.3) is 0 Å². The molecule has 3 unspecified atom stereocenters. The standard InChI is InChI=1S/C16H27N3/c1-13(16(17)15-7-5-4-6-8-15)11-19-10-9-18(3)14(2)12-19/h4-8,13-14,16H,9-12,17H2,1-3H3. The molecule has 2 N–H and O–H groups in total. The van der Waals surface area contributed by atoms with Crippen molar-refractivity contribution in [3.05, 3.63) is 35.9 Å². The molecule has 0 radical (unpaired) electrons. The van der Waals surface area contributed by atoms with Gasteiger partial charge in [-0.3, -0.25) is 0 Å². The van der Waals surface area contributed by atoms with Gasteiger partial charge >= 0.3 is 0 Å². The maximum Gasteiger partial charge on any atom is 0.0333 e. The highest BCUT2D eigenvalue weighted by molar-refractivity contribution is 5.19. The SMILES string of the molecule is CC(CN1CCN(C)C(C)C1)C(N)c1ccccc1. The Morgan fingerprint density at radius 2 is 1.95 bits per heavy atom. The number of likely N-dealkylation sites (N-methyl/N-ethyl adjacent to an activating group) is 1. The van der Waals surface area contributed by atoms with Crippen molar-refractivity contribution in [3.63, 3.8) is 0 Å². The summed E-state index contributed by atoms with van der Waals surface area (Å²) in [5.74, 6) is 0.484. The molecule has 19 heavy (non-hydrogen) atoms. The molecular weight excluding hydrogens is 234 g/mol. The predicted molar refractivity (Wildman–Crippen MR) is 81.1 cm³/mol. The molecule has 1 aliphatic heterocycles. The number of piperazine rings is 1. The Morgan fingerprint density at radius 1 is 1.26 bits per heavy atom. The van der Waals surface area contributed by atoms with E-state index in [1.165, 1.54) is 5.56 Å². The van der Waals surface area contributed by atoms with E-state index in [2.05, 4.69) is 55.0 Å². The van der Waals surface area contributed by atoms with Gasteiger partial charge in [0.15, 0.2) is 0 Å². The fraction of sp³-hybridized carbons (Fsp3) is 0.625. The highest BCUT2D eigenvalue weighted by atomic mass is 15.3. The Bertz CT molecular complexity index is 379. The number of nitrogens with zero attached hydrogens (tertiary/aromatic N) is 2. The lowest BCUT2D eigenvalue weighted by atomic mass is 9.94. The van der Waals surface area contributed by atoms with Crippen LogP contribution in [0.2, 0.25) is 0 Å². The van der Waals surface area contributed by atoms with Crippen molar-refractivity contribution in [3.8, 4) is 0 Å². The van der Waals surface area contributed by atoms with Crippen molar-refractivity contribution in [1.82, 2.24) is 9.80 Å². The van der Waals surface area contributed by atoms with Gasteiger partial charge in [-0.05, 0) is 25.5 Å². The van der Waals surface area contributed by atoms with Gasteiger partial charge in [0.1, 0.15) is 0 Å². The van der Waals surface area contributed by atoms with Gasteiger partial charge < -0.3 is 15.5 Å². The van der Waals surface area contributed by atoms with Gasteiger partial charge in [0.05, 0.1) is 0 Å². The van der Waals surface area contributed by atoms with E-state index in [0.29, 0.717) is 12.0 Å². The first-order chi connectivity index (χ1) is 9.08. The fourth-order valence-corrected chi connectivity index (χ4v) is 2.81. The number of benzene rings is 1. The van der Waals surface area contributed by atoms with E-state index in [9.17, 15) is 0 Å². The van der Waals surface area contributed by atoms with Gasteiger partial charge in [-0.15, -0.1) is 0 Å². The van der Waals surface area contributed by atoms with Gasteiger partial charge in [0.25, 0.3) is 0 Å². The second-order valence-electron chi connectivity index (χ2n) is 6.00. The number of hydrogen-bond acceptors (Lipinski definition) is 3. The largest absolute Gasteiger partial charge is 0.324 e. The third kappa shape index (κ3) is 3.78. The average Bonchev–Trinajstić information content (AvgIpc) is 2.43. The lowest BCUT2D eigenvalue weighted by molar-refractivity contribution is 0.0908. The summed E-state index contributed by atoms with van der Waals surface area (Å²) in [4.78, 5) is 4.98. The third-order valence-corrected chi connectivity index (χ3v) is 4.39.